The molecule has 0 aromatic carbocycles. The van der Waals surface area contributed by atoms with Crippen molar-refractivity contribution in [1.29, 1.82) is 0 Å². The first kappa shape index (κ1) is 13.4. The Morgan fingerprint density at radius 2 is 2.19 bits per heavy atom. The third kappa shape index (κ3) is 4.48. The lowest BCUT2D eigenvalue weighted by molar-refractivity contribution is -0.116. The van der Waals surface area contributed by atoms with E-state index < -0.39 is 0 Å². The molecule has 0 aromatic rings. The number of carbonyl (C=O) groups excluding carboxylic acids is 1. The van der Waals surface area contributed by atoms with Gasteiger partial charge in [-0.2, -0.15) is 0 Å². The minimum atomic E-state index is 0.343. The highest BCUT2D eigenvalue weighted by Crippen LogP contribution is 2.22. The van der Waals surface area contributed by atoms with Gasteiger partial charge in [0.05, 0.1) is 0 Å². The molecule has 2 N–H and O–H groups in total. The number of hydrogen-bond donors (Lipinski definition) is 1. The predicted octanol–water partition coefficient (Wildman–Crippen LogP) is 3.07. The molecule has 1 unspecified atom stereocenters. The third-order valence-corrected chi connectivity index (χ3v) is 3.26. The maximum atomic E-state index is 12.0. The van der Waals surface area contributed by atoms with E-state index in [1.165, 1.54) is 12.8 Å². The van der Waals surface area contributed by atoms with E-state index >= 15 is 0 Å². The maximum Gasteiger partial charge on any atom is 0.158 e. The lowest BCUT2D eigenvalue weighted by atomic mass is 9.87. The van der Waals surface area contributed by atoms with Gasteiger partial charge in [0, 0.05) is 6.42 Å². The van der Waals surface area contributed by atoms with Crippen molar-refractivity contribution in [2.24, 2.45) is 17.6 Å². The van der Waals surface area contributed by atoms with Gasteiger partial charge in [0.1, 0.15) is 0 Å². The first-order valence-electron chi connectivity index (χ1n) is 6.55. The number of allylic oxidation sites excluding steroid dienone is 2. The van der Waals surface area contributed by atoms with Crippen molar-refractivity contribution in [2.45, 2.75) is 52.4 Å². The number of hydrogen-bond acceptors (Lipinski definition) is 2. The Morgan fingerprint density at radius 1 is 1.44 bits per heavy atom. The average Bonchev–Trinajstić information content (AvgIpc) is 2.28. The summed E-state index contributed by atoms with van der Waals surface area (Å²) in [7, 11) is 0. The van der Waals surface area contributed by atoms with Crippen LogP contribution in [0.2, 0.25) is 0 Å². The minimum Gasteiger partial charge on any atom is -0.330 e. The van der Waals surface area contributed by atoms with Crippen LogP contribution in [-0.2, 0) is 4.79 Å². The third-order valence-electron chi connectivity index (χ3n) is 3.26. The molecule has 0 saturated carbocycles. The van der Waals surface area contributed by atoms with Gasteiger partial charge < -0.3 is 5.73 Å². The lowest BCUT2D eigenvalue weighted by Gasteiger charge is -2.18. The summed E-state index contributed by atoms with van der Waals surface area (Å²) in [6, 6.07) is 0. The molecule has 16 heavy (non-hydrogen) atoms. The molecule has 0 bridgehead atoms. The Morgan fingerprint density at radius 3 is 2.69 bits per heavy atom. The van der Waals surface area contributed by atoms with Gasteiger partial charge in [0.2, 0.25) is 0 Å². The summed E-state index contributed by atoms with van der Waals surface area (Å²) >= 11 is 0. The summed E-state index contributed by atoms with van der Waals surface area (Å²) in [5.41, 5.74) is 6.79. The minimum absolute atomic E-state index is 0.343. The second kappa shape index (κ2) is 6.85. The molecule has 2 nitrogen and oxygen atoms in total. The normalized spacial score (nSPS) is 18.4. The Kier molecular flexibility index (Phi) is 5.75. The molecular weight excluding hydrogens is 198 g/mol. The first-order chi connectivity index (χ1) is 7.63. The lowest BCUT2D eigenvalue weighted by Crippen LogP contribution is -2.21. The number of carbonyl (C=O) groups is 1. The highest BCUT2D eigenvalue weighted by Gasteiger charge is 2.18. The van der Waals surface area contributed by atoms with Crippen molar-refractivity contribution in [1.82, 2.24) is 0 Å². The largest absolute Gasteiger partial charge is 0.330 e. The molecule has 2 heteroatoms. The van der Waals surface area contributed by atoms with Crippen LogP contribution in [0.25, 0.3) is 0 Å². The summed E-state index contributed by atoms with van der Waals surface area (Å²) in [5, 5.41) is 0. The van der Waals surface area contributed by atoms with Gasteiger partial charge in [0.15, 0.2) is 5.78 Å². The van der Waals surface area contributed by atoms with Crippen LogP contribution in [0.4, 0.5) is 0 Å². The molecule has 92 valence electrons. The summed E-state index contributed by atoms with van der Waals surface area (Å²) < 4.78 is 0. The van der Waals surface area contributed by atoms with Crippen LogP contribution in [0.1, 0.15) is 52.4 Å². The van der Waals surface area contributed by atoms with Gasteiger partial charge in [-0.05, 0) is 56.1 Å². The Labute approximate surface area is 99.3 Å². The molecule has 0 aliphatic heterocycles. The van der Waals surface area contributed by atoms with E-state index in [0.717, 1.165) is 24.8 Å². The molecule has 1 rings (SSSR count). The molecule has 0 saturated heterocycles. The summed E-state index contributed by atoms with van der Waals surface area (Å²) in [6.07, 6.45) is 8.33. The fourth-order valence-electron chi connectivity index (χ4n) is 2.41. The Hall–Kier alpha value is -0.630. The van der Waals surface area contributed by atoms with Gasteiger partial charge in [-0.1, -0.05) is 19.9 Å². The Bertz CT molecular complexity index is 255. The van der Waals surface area contributed by atoms with Crippen molar-refractivity contribution >= 4 is 5.78 Å². The van der Waals surface area contributed by atoms with Crippen LogP contribution in [0.3, 0.4) is 0 Å². The zero-order valence-corrected chi connectivity index (χ0v) is 10.7. The van der Waals surface area contributed by atoms with Crippen molar-refractivity contribution in [2.75, 3.05) is 6.54 Å². The molecule has 0 amide bonds. The number of rotatable bonds is 6. The summed E-state index contributed by atoms with van der Waals surface area (Å²) in [5.74, 6) is 1.34. The number of ketones is 1. The Balaban J connectivity index is 2.44. The predicted molar refractivity (Wildman–Crippen MR) is 68.2 cm³/mol. The van der Waals surface area contributed by atoms with Crippen molar-refractivity contribution in [3.8, 4) is 0 Å². The van der Waals surface area contributed by atoms with Crippen LogP contribution >= 0.6 is 0 Å². The van der Waals surface area contributed by atoms with E-state index in [4.69, 9.17) is 5.73 Å². The molecule has 1 atom stereocenters. The van der Waals surface area contributed by atoms with E-state index in [-0.39, 0.29) is 0 Å². The summed E-state index contributed by atoms with van der Waals surface area (Å²) in [6.45, 7) is 5.01. The average molecular weight is 223 g/mol. The maximum absolute atomic E-state index is 12.0. The smallest absolute Gasteiger partial charge is 0.158 e. The molecule has 0 radical (unpaired) electrons. The zero-order valence-electron chi connectivity index (χ0n) is 10.7. The van der Waals surface area contributed by atoms with Gasteiger partial charge in [-0.15, -0.1) is 0 Å². The first-order valence-corrected chi connectivity index (χ1v) is 6.55. The van der Waals surface area contributed by atoms with E-state index in [0.29, 0.717) is 30.6 Å². The van der Waals surface area contributed by atoms with Crippen molar-refractivity contribution in [3.05, 3.63) is 11.6 Å². The van der Waals surface area contributed by atoms with Gasteiger partial charge in [-0.25, -0.2) is 0 Å². The van der Waals surface area contributed by atoms with Gasteiger partial charge >= 0.3 is 0 Å². The van der Waals surface area contributed by atoms with E-state index in [1.54, 1.807) is 0 Å². The van der Waals surface area contributed by atoms with Crippen LogP contribution in [0.15, 0.2) is 11.6 Å². The van der Waals surface area contributed by atoms with E-state index in [2.05, 4.69) is 19.9 Å². The van der Waals surface area contributed by atoms with Gasteiger partial charge in [0.25, 0.3) is 0 Å². The standard InChI is InChI=1S/C14H25NO/c1-11(2)8-12(10-15)9-14(16)13-6-4-3-5-7-13/h6,11-12H,3-5,7-10,15H2,1-2H3. The molecule has 0 aromatic heterocycles. The molecule has 0 heterocycles. The van der Waals surface area contributed by atoms with Crippen molar-refractivity contribution in [3.63, 3.8) is 0 Å². The zero-order chi connectivity index (χ0) is 12.0. The fourth-order valence-corrected chi connectivity index (χ4v) is 2.41. The topological polar surface area (TPSA) is 43.1 Å². The van der Waals surface area contributed by atoms with Crippen molar-refractivity contribution < 1.29 is 4.79 Å². The second-order valence-electron chi connectivity index (χ2n) is 5.33. The highest BCUT2D eigenvalue weighted by molar-refractivity contribution is 5.95. The van der Waals surface area contributed by atoms with Crippen LogP contribution in [0.5, 0.6) is 0 Å². The molecule has 0 fully saturated rings. The van der Waals surface area contributed by atoms with Crippen LogP contribution < -0.4 is 5.73 Å². The SMILES string of the molecule is CC(C)CC(CN)CC(=O)C1=CCCCC1. The monoisotopic (exact) mass is 223 g/mol. The summed E-state index contributed by atoms with van der Waals surface area (Å²) in [4.78, 5) is 12.0. The van der Waals surface area contributed by atoms with E-state index in [1.807, 2.05) is 0 Å². The number of Topliss-reactive ketones (excluding diaryl/α,β-unsaturated/α-hetero) is 1. The molecule has 0 spiro atoms. The highest BCUT2D eigenvalue weighted by atomic mass is 16.1. The number of nitrogens with two attached hydrogens (primary N) is 1. The van der Waals surface area contributed by atoms with E-state index in [9.17, 15) is 4.79 Å². The molecule has 1 aliphatic rings. The van der Waals surface area contributed by atoms with Gasteiger partial charge in [-0.3, -0.25) is 4.79 Å². The van der Waals surface area contributed by atoms with Crippen LogP contribution in [-0.4, -0.2) is 12.3 Å². The molecule has 1 aliphatic carbocycles. The van der Waals surface area contributed by atoms with Crippen LogP contribution in [0, 0.1) is 11.8 Å². The fraction of sp³-hybridized carbons (Fsp3) is 0.786. The second-order valence-corrected chi connectivity index (χ2v) is 5.33. The molecular formula is C14H25NO. The quantitative estimate of drug-likeness (QED) is 0.752.